The van der Waals surface area contributed by atoms with Crippen molar-refractivity contribution in [2.75, 3.05) is 6.54 Å². The van der Waals surface area contributed by atoms with Gasteiger partial charge in [-0.05, 0) is 42.6 Å². The smallest absolute Gasteiger partial charge is 0.410 e. The molecule has 1 saturated heterocycles. The molecule has 0 aromatic heterocycles. The summed E-state index contributed by atoms with van der Waals surface area (Å²) in [5.41, 5.74) is -0.651. The maximum atomic E-state index is 13.0. The van der Waals surface area contributed by atoms with Gasteiger partial charge in [0.1, 0.15) is 17.3 Å². The third-order valence-electron chi connectivity index (χ3n) is 6.19. The molecule has 1 heterocycles. The fourth-order valence-electron chi connectivity index (χ4n) is 4.78. The maximum absolute atomic E-state index is 13.0. The number of rotatable bonds is 6. The van der Waals surface area contributed by atoms with Crippen LogP contribution in [0.5, 0.6) is 0 Å². The quantitative estimate of drug-likeness (QED) is 0.325. The summed E-state index contributed by atoms with van der Waals surface area (Å²) < 4.78 is 12.8. The summed E-state index contributed by atoms with van der Waals surface area (Å²) in [6.07, 6.45) is 0.398. The lowest BCUT2D eigenvalue weighted by Crippen LogP contribution is -2.67. The number of halogens is 1. The molecule has 0 saturated carbocycles. The first-order valence-electron chi connectivity index (χ1n) is 11.8. The number of nitrogens with zero attached hydrogens (tertiary/aromatic N) is 1. The van der Waals surface area contributed by atoms with Crippen LogP contribution in [0.4, 0.5) is 4.79 Å². The minimum absolute atomic E-state index is 0.199. The Morgan fingerprint density at radius 2 is 1.50 bits per heavy atom. The number of hydrogen-bond acceptors (Lipinski definition) is 4. The molecule has 5 nitrogen and oxygen atoms in total. The van der Waals surface area contributed by atoms with Crippen molar-refractivity contribution in [1.29, 1.82) is 0 Å². The van der Waals surface area contributed by atoms with Gasteiger partial charge in [-0.2, -0.15) is 0 Å². The second kappa shape index (κ2) is 10.2. The summed E-state index contributed by atoms with van der Waals surface area (Å²) in [7, 11) is -2.81. The normalized spacial score (nSPS) is 20.1. The first-order chi connectivity index (χ1) is 15.9. The summed E-state index contributed by atoms with van der Waals surface area (Å²) in [5.74, 6) is 0. The Morgan fingerprint density at radius 3 is 1.91 bits per heavy atom. The molecule has 2 aromatic rings. The standard InChI is InChI=1S/C27H36ClNO4Si/c1-26(2,3)32-25(31)29-18-20(17-24(29)23(28)19-30)33-34(27(4,5)6,21-13-9-7-10-14-21)22-15-11-8-12-16-22/h7-16,19-20,23-24H,17-18H2,1-6H3/t20-,23?,24+/m0/s1. The van der Waals surface area contributed by atoms with Gasteiger partial charge < -0.3 is 18.9 Å². The van der Waals surface area contributed by atoms with Crippen molar-refractivity contribution < 1.29 is 18.8 Å². The first kappa shape index (κ1) is 26.5. The molecule has 7 heteroatoms. The third kappa shape index (κ3) is 5.56. The molecule has 0 radical (unpaired) electrons. The molecule has 184 valence electrons. The molecule has 3 rings (SSSR count). The Morgan fingerprint density at radius 1 is 1.00 bits per heavy atom. The van der Waals surface area contributed by atoms with E-state index in [1.165, 1.54) is 10.4 Å². The van der Waals surface area contributed by atoms with Gasteiger partial charge >= 0.3 is 6.09 Å². The van der Waals surface area contributed by atoms with Crippen molar-refractivity contribution in [3.05, 3.63) is 60.7 Å². The average molecular weight is 502 g/mol. The van der Waals surface area contributed by atoms with Gasteiger partial charge in [0.2, 0.25) is 0 Å². The molecule has 1 amide bonds. The summed E-state index contributed by atoms with van der Waals surface area (Å²) in [4.78, 5) is 26.2. The maximum Gasteiger partial charge on any atom is 0.410 e. The number of carbonyl (C=O) groups excluding carboxylic acids is 2. The monoisotopic (exact) mass is 501 g/mol. The Balaban J connectivity index is 2.04. The molecular formula is C27H36ClNO4Si. The molecule has 0 bridgehead atoms. The van der Waals surface area contributed by atoms with Gasteiger partial charge in [-0.15, -0.1) is 11.6 Å². The summed E-state index contributed by atoms with van der Waals surface area (Å²) >= 11 is 6.38. The highest BCUT2D eigenvalue weighted by Gasteiger charge is 2.53. The molecule has 0 spiro atoms. The van der Waals surface area contributed by atoms with Gasteiger partial charge in [0.15, 0.2) is 0 Å². The van der Waals surface area contributed by atoms with Crippen LogP contribution in [0, 0.1) is 0 Å². The molecule has 1 aliphatic heterocycles. The highest BCUT2D eigenvalue weighted by molar-refractivity contribution is 6.99. The van der Waals surface area contributed by atoms with E-state index in [4.69, 9.17) is 20.8 Å². The predicted octanol–water partition coefficient (Wildman–Crippen LogP) is 4.75. The van der Waals surface area contributed by atoms with Crippen LogP contribution in [0.15, 0.2) is 60.7 Å². The van der Waals surface area contributed by atoms with Crippen molar-refractivity contribution in [3.8, 4) is 0 Å². The Kier molecular flexibility index (Phi) is 7.95. The van der Waals surface area contributed by atoms with E-state index in [0.717, 1.165) is 0 Å². The number of carbonyl (C=O) groups is 2. The number of likely N-dealkylation sites (tertiary alicyclic amines) is 1. The molecule has 1 aliphatic rings. The van der Waals surface area contributed by atoms with E-state index in [9.17, 15) is 9.59 Å². The molecule has 3 atom stereocenters. The summed E-state index contributed by atoms with van der Waals surface area (Å²) in [6, 6.07) is 20.2. The average Bonchev–Trinajstić information content (AvgIpc) is 3.20. The zero-order chi connectivity index (χ0) is 25.1. The van der Waals surface area contributed by atoms with Crippen molar-refractivity contribution in [2.24, 2.45) is 0 Å². The van der Waals surface area contributed by atoms with E-state index >= 15 is 0 Å². The lowest BCUT2D eigenvalue weighted by molar-refractivity contribution is -0.108. The molecule has 0 aliphatic carbocycles. The SMILES string of the molecule is CC(C)(C)OC(=O)N1C[C@@H](O[Si](c2ccccc2)(c2ccccc2)C(C)(C)C)C[C@@H]1C(Cl)C=O. The topological polar surface area (TPSA) is 55.8 Å². The van der Waals surface area contributed by atoms with Crippen LogP contribution in [0.2, 0.25) is 5.04 Å². The minimum atomic E-state index is -2.81. The molecule has 2 aromatic carbocycles. The summed E-state index contributed by atoms with van der Waals surface area (Å²) in [5, 5.41) is 1.30. The van der Waals surface area contributed by atoms with Crippen LogP contribution in [0.3, 0.4) is 0 Å². The van der Waals surface area contributed by atoms with Crippen molar-refractivity contribution >= 4 is 42.7 Å². The minimum Gasteiger partial charge on any atom is -0.444 e. The van der Waals surface area contributed by atoms with Crippen LogP contribution in [0.25, 0.3) is 0 Å². The number of hydrogen-bond donors (Lipinski definition) is 0. The zero-order valence-corrected chi connectivity index (χ0v) is 22.7. The van der Waals surface area contributed by atoms with Crippen LogP contribution in [0.1, 0.15) is 48.0 Å². The van der Waals surface area contributed by atoms with Crippen LogP contribution in [-0.2, 0) is 14.0 Å². The summed E-state index contributed by atoms with van der Waals surface area (Å²) in [6.45, 7) is 12.4. The van der Waals surface area contributed by atoms with E-state index in [-0.39, 0.29) is 11.1 Å². The lowest BCUT2D eigenvalue weighted by Gasteiger charge is -2.44. The third-order valence-corrected chi connectivity index (χ3v) is 11.7. The zero-order valence-electron chi connectivity index (χ0n) is 21.0. The van der Waals surface area contributed by atoms with Crippen molar-refractivity contribution in [3.63, 3.8) is 0 Å². The number of ether oxygens (including phenoxy) is 1. The van der Waals surface area contributed by atoms with Gasteiger partial charge in [0.25, 0.3) is 8.32 Å². The van der Waals surface area contributed by atoms with Crippen molar-refractivity contribution in [2.45, 2.75) is 76.1 Å². The highest BCUT2D eigenvalue weighted by Crippen LogP contribution is 2.39. The number of benzene rings is 2. The van der Waals surface area contributed by atoms with Crippen LogP contribution < -0.4 is 10.4 Å². The van der Waals surface area contributed by atoms with E-state index in [1.54, 1.807) is 4.90 Å². The van der Waals surface area contributed by atoms with Crippen LogP contribution in [-0.4, -0.2) is 55.3 Å². The lowest BCUT2D eigenvalue weighted by atomic mass is 10.1. The molecule has 0 N–H and O–H groups in total. The fraction of sp³-hybridized carbons (Fsp3) is 0.481. The van der Waals surface area contributed by atoms with Crippen molar-refractivity contribution in [1.82, 2.24) is 4.90 Å². The second-order valence-electron chi connectivity index (χ2n) is 10.9. The first-order valence-corrected chi connectivity index (χ1v) is 14.1. The van der Waals surface area contributed by atoms with Gasteiger partial charge in [0.05, 0.1) is 12.1 Å². The van der Waals surface area contributed by atoms with Gasteiger partial charge in [-0.3, -0.25) is 0 Å². The Hall–Kier alpha value is -2.15. The number of aldehydes is 1. The molecule has 1 unspecified atom stereocenters. The molecular weight excluding hydrogens is 466 g/mol. The van der Waals surface area contributed by atoms with Gasteiger partial charge in [0, 0.05) is 6.54 Å². The number of alkyl halides is 1. The van der Waals surface area contributed by atoms with Gasteiger partial charge in [-0.25, -0.2) is 4.79 Å². The second-order valence-corrected chi connectivity index (χ2v) is 15.7. The predicted molar refractivity (Wildman–Crippen MR) is 140 cm³/mol. The Bertz CT molecular complexity index is 932. The molecule has 34 heavy (non-hydrogen) atoms. The van der Waals surface area contributed by atoms with E-state index in [1.807, 2.05) is 57.2 Å². The van der Waals surface area contributed by atoms with E-state index in [0.29, 0.717) is 19.3 Å². The highest BCUT2D eigenvalue weighted by atomic mass is 35.5. The number of amides is 1. The van der Waals surface area contributed by atoms with E-state index in [2.05, 4.69) is 45.0 Å². The largest absolute Gasteiger partial charge is 0.444 e. The fourth-order valence-corrected chi connectivity index (χ4v) is 9.70. The molecule has 1 fully saturated rings. The van der Waals surface area contributed by atoms with E-state index < -0.39 is 31.4 Å². The Labute approximate surface area is 209 Å². The van der Waals surface area contributed by atoms with Crippen LogP contribution >= 0.6 is 11.6 Å². The van der Waals surface area contributed by atoms with Gasteiger partial charge in [-0.1, -0.05) is 81.4 Å².